The lowest BCUT2D eigenvalue weighted by Gasteiger charge is -2.13. The minimum absolute atomic E-state index is 0.0105. The molecule has 0 amide bonds. The largest absolute Gasteiger partial charge is 0.269 e. The van der Waals surface area contributed by atoms with E-state index in [1.165, 1.54) is 29.8 Å². The Bertz CT molecular complexity index is 818. The Morgan fingerprint density at radius 2 is 1.76 bits per heavy atom. The van der Waals surface area contributed by atoms with Gasteiger partial charge in [0.1, 0.15) is 0 Å². The van der Waals surface area contributed by atoms with Crippen LogP contribution in [0.3, 0.4) is 0 Å². The van der Waals surface area contributed by atoms with Crippen LogP contribution in [-0.4, -0.2) is 19.9 Å². The molecule has 0 aliphatic rings. The molecule has 0 aliphatic heterocycles. The Kier molecular flexibility index (Phi) is 6.44. The number of nitro groups is 1. The summed E-state index contributed by atoms with van der Waals surface area (Å²) in [6, 6.07) is 14.7. The highest BCUT2D eigenvalue weighted by molar-refractivity contribution is 7.89. The predicted octanol–water partition coefficient (Wildman–Crippen LogP) is 3.31. The molecule has 2 aromatic carbocycles. The Hall–Kier alpha value is -2.51. The maximum atomic E-state index is 12.2. The van der Waals surface area contributed by atoms with Crippen LogP contribution in [0.25, 0.3) is 0 Å². The van der Waals surface area contributed by atoms with Crippen LogP contribution in [0.4, 0.5) is 5.69 Å². The molecule has 0 aromatic heterocycles. The lowest BCUT2D eigenvalue weighted by Crippen LogP contribution is -2.26. The van der Waals surface area contributed by atoms with E-state index >= 15 is 0 Å². The van der Waals surface area contributed by atoms with E-state index < -0.39 is 14.9 Å². The minimum atomic E-state index is -3.69. The fraction of sp³-hybridized carbons (Fsp3) is 0.222. The Balaban J connectivity index is 1.92. The van der Waals surface area contributed by atoms with Crippen molar-refractivity contribution in [3.05, 3.63) is 82.9 Å². The maximum absolute atomic E-state index is 12.2. The van der Waals surface area contributed by atoms with Crippen LogP contribution in [0.15, 0.2) is 72.1 Å². The van der Waals surface area contributed by atoms with Crippen LogP contribution in [0.2, 0.25) is 0 Å². The molecule has 1 N–H and O–H groups in total. The molecule has 0 aliphatic carbocycles. The molecule has 0 saturated carbocycles. The molecule has 6 nitrogen and oxygen atoms in total. The van der Waals surface area contributed by atoms with Crippen molar-refractivity contribution in [2.75, 3.05) is 6.54 Å². The lowest BCUT2D eigenvalue weighted by atomic mass is 9.96. The summed E-state index contributed by atoms with van der Waals surface area (Å²) in [5.41, 5.74) is 1.03. The molecule has 0 saturated heterocycles. The highest BCUT2D eigenvalue weighted by Gasteiger charge is 2.16. The minimum Gasteiger partial charge on any atom is -0.258 e. The number of hydrogen-bond acceptors (Lipinski definition) is 4. The number of sulfonamides is 1. The summed E-state index contributed by atoms with van der Waals surface area (Å²) in [6.07, 6.45) is 3.24. The van der Waals surface area contributed by atoms with Gasteiger partial charge in [-0.05, 0) is 36.5 Å². The van der Waals surface area contributed by atoms with Gasteiger partial charge in [-0.1, -0.05) is 36.4 Å². The van der Waals surface area contributed by atoms with E-state index in [0.717, 1.165) is 6.42 Å². The van der Waals surface area contributed by atoms with Gasteiger partial charge in [0.15, 0.2) is 0 Å². The maximum Gasteiger partial charge on any atom is 0.269 e. The Labute approximate surface area is 147 Å². The second-order valence-electron chi connectivity index (χ2n) is 5.62. The summed E-state index contributed by atoms with van der Waals surface area (Å²) in [6.45, 7) is 4.08. The molecule has 7 heteroatoms. The van der Waals surface area contributed by atoms with Gasteiger partial charge < -0.3 is 0 Å². The zero-order valence-electron chi connectivity index (χ0n) is 13.7. The highest BCUT2D eigenvalue weighted by Crippen LogP contribution is 2.17. The molecule has 1 unspecified atom stereocenters. The standard InChI is InChI=1S/C18H20N2O4S/c1-2-15(14-16-6-4-3-5-7-16)12-13-19-25(23,24)18-10-8-17(9-11-18)20(21)22/h2-11,15,19H,1,12-14H2. The van der Waals surface area contributed by atoms with Gasteiger partial charge in [0.25, 0.3) is 5.69 Å². The lowest BCUT2D eigenvalue weighted by molar-refractivity contribution is -0.384. The normalized spacial score (nSPS) is 12.5. The number of rotatable bonds is 9. The van der Waals surface area contributed by atoms with Crippen LogP contribution < -0.4 is 4.72 Å². The highest BCUT2D eigenvalue weighted by atomic mass is 32.2. The fourth-order valence-corrected chi connectivity index (χ4v) is 3.48. The van der Waals surface area contributed by atoms with Gasteiger partial charge in [0.2, 0.25) is 10.0 Å². The van der Waals surface area contributed by atoms with Crippen molar-refractivity contribution in [1.82, 2.24) is 4.72 Å². The second kappa shape index (κ2) is 8.55. The smallest absolute Gasteiger partial charge is 0.258 e. The van der Waals surface area contributed by atoms with E-state index in [9.17, 15) is 18.5 Å². The molecule has 2 rings (SSSR count). The van der Waals surface area contributed by atoms with E-state index in [-0.39, 0.29) is 23.0 Å². The first kappa shape index (κ1) is 18.8. The molecule has 0 fully saturated rings. The zero-order valence-corrected chi connectivity index (χ0v) is 14.5. The predicted molar refractivity (Wildman–Crippen MR) is 96.7 cm³/mol. The van der Waals surface area contributed by atoms with Crippen LogP contribution >= 0.6 is 0 Å². The first-order chi connectivity index (χ1) is 11.9. The van der Waals surface area contributed by atoms with E-state index in [0.29, 0.717) is 6.42 Å². The van der Waals surface area contributed by atoms with E-state index in [1.54, 1.807) is 0 Å². The fourth-order valence-electron chi connectivity index (χ4n) is 2.43. The average molecular weight is 360 g/mol. The molecular weight excluding hydrogens is 340 g/mol. The van der Waals surface area contributed by atoms with Gasteiger partial charge in [-0.25, -0.2) is 13.1 Å². The number of benzene rings is 2. The first-order valence-electron chi connectivity index (χ1n) is 7.83. The topological polar surface area (TPSA) is 89.3 Å². The number of non-ortho nitro benzene ring substituents is 1. The van der Waals surface area contributed by atoms with Gasteiger partial charge >= 0.3 is 0 Å². The van der Waals surface area contributed by atoms with Crippen molar-refractivity contribution in [3.63, 3.8) is 0 Å². The van der Waals surface area contributed by atoms with Crippen LogP contribution in [-0.2, 0) is 16.4 Å². The molecule has 132 valence electrons. The number of nitrogens with one attached hydrogen (secondary N) is 1. The second-order valence-corrected chi connectivity index (χ2v) is 7.39. The Morgan fingerprint density at radius 3 is 2.32 bits per heavy atom. The molecule has 0 bridgehead atoms. The van der Waals surface area contributed by atoms with Crippen LogP contribution in [0.5, 0.6) is 0 Å². The molecule has 0 heterocycles. The summed E-state index contributed by atoms with van der Waals surface area (Å²) in [5, 5.41) is 10.6. The van der Waals surface area contributed by atoms with Crippen molar-refractivity contribution >= 4 is 15.7 Å². The van der Waals surface area contributed by atoms with E-state index in [1.807, 2.05) is 36.4 Å². The quantitative estimate of drug-likeness (QED) is 0.422. The molecule has 1 atom stereocenters. The Morgan fingerprint density at radius 1 is 1.12 bits per heavy atom. The molecule has 2 aromatic rings. The number of allylic oxidation sites excluding steroid dienone is 1. The molecule has 25 heavy (non-hydrogen) atoms. The van der Waals surface area contributed by atoms with E-state index in [2.05, 4.69) is 11.3 Å². The van der Waals surface area contributed by atoms with Crippen LogP contribution in [0, 0.1) is 16.0 Å². The molecule has 0 radical (unpaired) electrons. The van der Waals surface area contributed by atoms with Crippen molar-refractivity contribution in [2.45, 2.75) is 17.7 Å². The third-order valence-electron chi connectivity index (χ3n) is 3.84. The first-order valence-corrected chi connectivity index (χ1v) is 9.31. The monoisotopic (exact) mass is 360 g/mol. The van der Waals surface area contributed by atoms with E-state index in [4.69, 9.17) is 0 Å². The summed E-state index contributed by atoms with van der Waals surface area (Å²) in [4.78, 5) is 10.1. The van der Waals surface area contributed by atoms with Crippen molar-refractivity contribution in [2.24, 2.45) is 5.92 Å². The molecular formula is C18H20N2O4S. The summed E-state index contributed by atoms with van der Waals surface area (Å²) >= 11 is 0. The van der Waals surface area contributed by atoms with Crippen LogP contribution in [0.1, 0.15) is 12.0 Å². The van der Waals surface area contributed by atoms with Gasteiger partial charge in [0, 0.05) is 18.7 Å². The zero-order chi connectivity index (χ0) is 18.3. The van der Waals surface area contributed by atoms with Gasteiger partial charge in [-0.2, -0.15) is 0 Å². The summed E-state index contributed by atoms with van der Waals surface area (Å²) in [5.74, 6) is 0.155. The third kappa shape index (κ3) is 5.51. The third-order valence-corrected chi connectivity index (χ3v) is 5.32. The average Bonchev–Trinajstić information content (AvgIpc) is 2.61. The van der Waals surface area contributed by atoms with Gasteiger partial charge in [0.05, 0.1) is 9.82 Å². The summed E-state index contributed by atoms with van der Waals surface area (Å²) in [7, 11) is -3.69. The number of nitrogens with zero attached hydrogens (tertiary/aromatic N) is 1. The van der Waals surface area contributed by atoms with Crippen molar-refractivity contribution in [1.29, 1.82) is 0 Å². The summed E-state index contributed by atoms with van der Waals surface area (Å²) < 4.78 is 27.0. The number of nitro benzene ring substituents is 1. The van der Waals surface area contributed by atoms with Crippen molar-refractivity contribution < 1.29 is 13.3 Å². The van der Waals surface area contributed by atoms with Gasteiger partial charge in [-0.15, -0.1) is 6.58 Å². The SMILES string of the molecule is C=CC(CCNS(=O)(=O)c1ccc([N+](=O)[O-])cc1)Cc1ccccc1. The van der Waals surface area contributed by atoms with Crippen molar-refractivity contribution in [3.8, 4) is 0 Å². The molecule has 0 spiro atoms. The van der Waals surface area contributed by atoms with Gasteiger partial charge in [-0.3, -0.25) is 10.1 Å². The number of hydrogen-bond donors (Lipinski definition) is 1.